The normalized spacial score (nSPS) is 10.5. The first-order valence-electron chi connectivity index (χ1n) is 5.04. The summed E-state index contributed by atoms with van der Waals surface area (Å²) < 4.78 is 27.1. The summed E-state index contributed by atoms with van der Waals surface area (Å²) in [5.41, 5.74) is 6.36. The van der Waals surface area contributed by atoms with Gasteiger partial charge in [-0.15, -0.1) is 0 Å². The molecule has 0 fully saturated rings. The third-order valence-corrected chi connectivity index (χ3v) is 2.62. The van der Waals surface area contributed by atoms with Crippen LogP contribution in [0.1, 0.15) is 5.56 Å². The highest BCUT2D eigenvalue weighted by atomic mass is 19.2. The number of phenols is 1. The Bertz CT molecular complexity index is 582. The third-order valence-electron chi connectivity index (χ3n) is 2.62. The van der Waals surface area contributed by atoms with E-state index in [0.717, 1.165) is 0 Å². The standard InChI is InChI=1S/C13H11F2NO/c1-7-2-4-9(13(15)12(7)14)8-3-5-10(16)11(17)6-8/h2-6,17H,16H2,1H3. The van der Waals surface area contributed by atoms with Gasteiger partial charge < -0.3 is 10.8 Å². The fraction of sp³-hybridized carbons (Fsp3) is 0.0769. The summed E-state index contributed by atoms with van der Waals surface area (Å²) in [5, 5.41) is 9.44. The van der Waals surface area contributed by atoms with E-state index in [1.165, 1.54) is 37.3 Å². The van der Waals surface area contributed by atoms with Gasteiger partial charge in [-0.05, 0) is 30.2 Å². The zero-order valence-corrected chi connectivity index (χ0v) is 9.17. The van der Waals surface area contributed by atoms with Crippen LogP contribution in [0.5, 0.6) is 5.75 Å². The lowest BCUT2D eigenvalue weighted by atomic mass is 10.0. The zero-order valence-electron chi connectivity index (χ0n) is 9.17. The van der Waals surface area contributed by atoms with Crippen LogP contribution in [0.15, 0.2) is 30.3 Å². The summed E-state index contributed by atoms with van der Waals surface area (Å²) >= 11 is 0. The van der Waals surface area contributed by atoms with Gasteiger partial charge in [-0.3, -0.25) is 0 Å². The molecule has 0 aliphatic rings. The van der Waals surface area contributed by atoms with Crippen molar-refractivity contribution >= 4 is 5.69 Å². The van der Waals surface area contributed by atoms with E-state index in [1.54, 1.807) is 0 Å². The molecule has 88 valence electrons. The van der Waals surface area contributed by atoms with Crippen LogP contribution in [0.25, 0.3) is 11.1 Å². The summed E-state index contributed by atoms with van der Waals surface area (Å²) in [5.74, 6) is -1.95. The Hall–Kier alpha value is -2.10. The molecule has 2 aromatic rings. The van der Waals surface area contributed by atoms with Crippen LogP contribution in [0.3, 0.4) is 0 Å². The lowest BCUT2D eigenvalue weighted by molar-refractivity contribution is 0.478. The maximum atomic E-state index is 13.7. The van der Waals surface area contributed by atoms with Crippen molar-refractivity contribution < 1.29 is 13.9 Å². The minimum atomic E-state index is -0.922. The first kappa shape index (κ1) is 11.4. The number of halogens is 2. The fourth-order valence-corrected chi connectivity index (χ4v) is 1.58. The van der Waals surface area contributed by atoms with Gasteiger partial charge in [0.15, 0.2) is 11.6 Å². The molecule has 2 aromatic carbocycles. The van der Waals surface area contributed by atoms with E-state index in [2.05, 4.69) is 0 Å². The maximum Gasteiger partial charge on any atom is 0.166 e. The highest BCUT2D eigenvalue weighted by Gasteiger charge is 2.13. The predicted octanol–water partition coefficient (Wildman–Crippen LogP) is 3.23. The maximum absolute atomic E-state index is 13.7. The molecule has 0 atom stereocenters. The average molecular weight is 235 g/mol. The van der Waals surface area contributed by atoms with E-state index in [-0.39, 0.29) is 22.6 Å². The summed E-state index contributed by atoms with van der Waals surface area (Å²) in [7, 11) is 0. The summed E-state index contributed by atoms with van der Waals surface area (Å²) in [6, 6.07) is 7.24. The van der Waals surface area contributed by atoms with E-state index < -0.39 is 11.6 Å². The SMILES string of the molecule is Cc1ccc(-c2ccc(N)c(O)c2)c(F)c1F. The van der Waals surface area contributed by atoms with Crippen molar-refractivity contribution in [3.05, 3.63) is 47.5 Å². The van der Waals surface area contributed by atoms with Gasteiger partial charge in [0, 0.05) is 5.56 Å². The van der Waals surface area contributed by atoms with Crippen LogP contribution >= 0.6 is 0 Å². The minimum absolute atomic E-state index is 0.100. The number of benzene rings is 2. The Morgan fingerprint density at radius 1 is 1.06 bits per heavy atom. The third kappa shape index (κ3) is 1.93. The molecule has 0 spiro atoms. The number of phenolic OH excluding ortho intramolecular Hbond substituents is 1. The Kier molecular flexibility index (Phi) is 2.71. The molecule has 2 rings (SSSR count). The molecular formula is C13H11F2NO. The van der Waals surface area contributed by atoms with E-state index in [4.69, 9.17) is 5.73 Å². The molecule has 0 amide bonds. The quantitative estimate of drug-likeness (QED) is 0.588. The number of rotatable bonds is 1. The highest BCUT2D eigenvalue weighted by Crippen LogP contribution is 2.31. The van der Waals surface area contributed by atoms with Crippen LogP contribution in [-0.2, 0) is 0 Å². The zero-order chi connectivity index (χ0) is 12.6. The highest BCUT2D eigenvalue weighted by molar-refractivity contribution is 5.70. The minimum Gasteiger partial charge on any atom is -0.506 e. The smallest absolute Gasteiger partial charge is 0.166 e. The molecular weight excluding hydrogens is 224 g/mol. The Morgan fingerprint density at radius 3 is 2.41 bits per heavy atom. The molecule has 0 radical (unpaired) electrons. The second-order valence-electron chi connectivity index (χ2n) is 3.83. The number of nitrogen functional groups attached to an aromatic ring is 1. The summed E-state index contributed by atoms with van der Waals surface area (Å²) in [6.07, 6.45) is 0. The van der Waals surface area contributed by atoms with Crippen molar-refractivity contribution in [3.63, 3.8) is 0 Å². The molecule has 0 aliphatic carbocycles. The first-order valence-corrected chi connectivity index (χ1v) is 5.04. The molecule has 0 heterocycles. The molecule has 0 saturated heterocycles. The lowest BCUT2D eigenvalue weighted by Crippen LogP contribution is -1.93. The van der Waals surface area contributed by atoms with E-state index in [0.29, 0.717) is 5.56 Å². The summed E-state index contributed by atoms with van der Waals surface area (Å²) in [4.78, 5) is 0. The van der Waals surface area contributed by atoms with Gasteiger partial charge in [0.1, 0.15) is 5.75 Å². The van der Waals surface area contributed by atoms with Gasteiger partial charge in [-0.25, -0.2) is 8.78 Å². The molecule has 0 aromatic heterocycles. The Balaban J connectivity index is 2.61. The number of hydrogen-bond acceptors (Lipinski definition) is 2. The molecule has 4 heteroatoms. The molecule has 0 aliphatic heterocycles. The number of anilines is 1. The second kappa shape index (κ2) is 4.05. The van der Waals surface area contributed by atoms with Gasteiger partial charge in [0.25, 0.3) is 0 Å². The van der Waals surface area contributed by atoms with Crippen molar-refractivity contribution in [2.45, 2.75) is 6.92 Å². The average Bonchev–Trinajstić information content (AvgIpc) is 2.30. The molecule has 3 N–H and O–H groups in total. The molecule has 17 heavy (non-hydrogen) atoms. The number of aryl methyl sites for hydroxylation is 1. The monoisotopic (exact) mass is 235 g/mol. The van der Waals surface area contributed by atoms with Gasteiger partial charge in [-0.1, -0.05) is 18.2 Å². The van der Waals surface area contributed by atoms with Crippen molar-refractivity contribution in [2.24, 2.45) is 0 Å². The van der Waals surface area contributed by atoms with Gasteiger partial charge in [0.05, 0.1) is 5.69 Å². The molecule has 2 nitrogen and oxygen atoms in total. The first-order chi connectivity index (χ1) is 8.00. The van der Waals surface area contributed by atoms with E-state index >= 15 is 0 Å². The lowest BCUT2D eigenvalue weighted by Gasteiger charge is -2.07. The molecule has 0 unspecified atom stereocenters. The number of aromatic hydroxyl groups is 1. The summed E-state index contributed by atoms with van der Waals surface area (Å²) in [6.45, 7) is 1.49. The van der Waals surface area contributed by atoms with Crippen molar-refractivity contribution in [3.8, 4) is 16.9 Å². The van der Waals surface area contributed by atoms with Crippen molar-refractivity contribution in [1.82, 2.24) is 0 Å². The predicted molar refractivity (Wildman–Crippen MR) is 62.6 cm³/mol. The van der Waals surface area contributed by atoms with Gasteiger partial charge in [-0.2, -0.15) is 0 Å². The van der Waals surface area contributed by atoms with Gasteiger partial charge in [0.2, 0.25) is 0 Å². The van der Waals surface area contributed by atoms with Crippen LogP contribution < -0.4 is 5.73 Å². The topological polar surface area (TPSA) is 46.2 Å². The van der Waals surface area contributed by atoms with Crippen LogP contribution in [0.4, 0.5) is 14.5 Å². The molecule has 0 saturated carbocycles. The second-order valence-corrected chi connectivity index (χ2v) is 3.83. The largest absolute Gasteiger partial charge is 0.506 e. The Labute approximate surface area is 97.3 Å². The fourth-order valence-electron chi connectivity index (χ4n) is 1.58. The molecule has 0 bridgehead atoms. The van der Waals surface area contributed by atoms with Gasteiger partial charge >= 0.3 is 0 Å². The van der Waals surface area contributed by atoms with Crippen LogP contribution in [0.2, 0.25) is 0 Å². The van der Waals surface area contributed by atoms with E-state index in [1.807, 2.05) is 0 Å². The van der Waals surface area contributed by atoms with E-state index in [9.17, 15) is 13.9 Å². The van der Waals surface area contributed by atoms with Crippen molar-refractivity contribution in [2.75, 3.05) is 5.73 Å². The number of nitrogens with two attached hydrogens (primary N) is 1. The van der Waals surface area contributed by atoms with Crippen molar-refractivity contribution in [1.29, 1.82) is 0 Å². The van der Waals surface area contributed by atoms with Crippen LogP contribution in [-0.4, -0.2) is 5.11 Å². The Morgan fingerprint density at radius 2 is 1.76 bits per heavy atom. The number of hydrogen-bond donors (Lipinski definition) is 2. The van der Waals surface area contributed by atoms with Crippen LogP contribution in [0, 0.1) is 18.6 Å².